The summed E-state index contributed by atoms with van der Waals surface area (Å²) in [4.78, 5) is 21.6. The minimum absolute atomic E-state index is 0.243. The molecule has 8 heteroatoms. The van der Waals surface area contributed by atoms with Gasteiger partial charge in [0, 0.05) is 13.7 Å². The Kier molecular flexibility index (Phi) is 9.02. The molecule has 0 aliphatic heterocycles. The van der Waals surface area contributed by atoms with E-state index < -0.39 is 24.6 Å². The smallest absolute Gasteiger partial charge is 0.328 e. The lowest BCUT2D eigenvalue weighted by Crippen LogP contribution is -2.48. The number of hydrogen-bond acceptors (Lipinski definition) is 5. The first-order valence-corrected chi connectivity index (χ1v) is 5.06. The predicted molar refractivity (Wildman–Crippen MR) is 57.7 cm³/mol. The largest absolute Gasteiger partial charge is 0.480 e. The fourth-order valence-electron chi connectivity index (χ4n) is 0.876. The average Bonchev–Trinajstić information content (AvgIpc) is 2.30. The van der Waals surface area contributed by atoms with Gasteiger partial charge < -0.3 is 30.3 Å². The summed E-state index contributed by atoms with van der Waals surface area (Å²) in [5, 5.41) is 21.7. The second-order valence-corrected chi connectivity index (χ2v) is 3.08. The van der Waals surface area contributed by atoms with Gasteiger partial charge >= 0.3 is 12.0 Å². The van der Waals surface area contributed by atoms with Crippen molar-refractivity contribution >= 4 is 12.0 Å². The summed E-state index contributed by atoms with van der Waals surface area (Å²) in [6.45, 7) is 0.778. The van der Waals surface area contributed by atoms with E-state index >= 15 is 0 Å². The Bertz CT molecular complexity index is 236. The van der Waals surface area contributed by atoms with Crippen molar-refractivity contribution in [3.8, 4) is 0 Å². The van der Waals surface area contributed by atoms with E-state index in [4.69, 9.17) is 19.7 Å². The Labute approximate surface area is 98.9 Å². The van der Waals surface area contributed by atoms with Gasteiger partial charge in [-0.2, -0.15) is 0 Å². The summed E-state index contributed by atoms with van der Waals surface area (Å²) >= 11 is 0. The number of carboxylic acid groups (broad SMARTS) is 1. The van der Waals surface area contributed by atoms with Crippen molar-refractivity contribution in [1.82, 2.24) is 10.6 Å². The first-order valence-electron chi connectivity index (χ1n) is 5.06. The van der Waals surface area contributed by atoms with Crippen LogP contribution >= 0.6 is 0 Å². The van der Waals surface area contributed by atoms with E-state index in [1.54, 1.807) is 7.11 Å². The number of methoxy groups -OCH3 is 1. The van der Waals surface area contributed by atoms with Gasteiger partial charge in [-0.1, -0.05) is 0 Å². The maximum Gasteiger partial charge on any atom is 0.328 e. The number of carbonyl (C=O) groups excluding carboxylic acids is 1. The van der Waals surface area contributed by atoms with E-state index in [9.17, 15) is 9.59 Å². The van der Waals surface area contributed by atoms with Gasteiger partial charge in [0.05, 0.1) is 26.4 Å². The fourth-order valence-corrected chi connectivity index (χ4v) is 0.876. The first kappa shape index (κ1) is 15.6. The Morgan fingerprint density at radius 3 is 2.53 bits per heavy atom. The van der Waals surface area contributed by atoms with Crippen LogP contribution in [0.3, 0.4) is 0 Å². The molecule has 0 heterocycles. The number of rotatable bonds is 9. The van der Waals surface area contributed by atoms with Crippen molar-refractivity contribution in [1.29, 1.82) is 0 Å². The number of amides is 2. The van der Waals surface area contributed by atoms with Crippen LogP contribution in [-0.4, -0.2) is 68.3 Å². The zero-order valence-electron chi connectivity index (χ0n) is 9.64. The molecule has 0 aromatic carbocycles. The number of carboxylic acids is 1. The summed E-state index contributed by atoms with van der Waals surface area (Å²) < 4.78 is 9.82. The maximum absolute atomic E-state index is 11.1. The van der Waals surface area contributed by atoms with Gasteiger partial charge in [0.15, 0.2) is 6.04 Å². The highest BCUT2D eigenvalue weighted by atomic mass is 16.5. The Hall–Kier alpha value is -1.38. The number of carbonyl (C=O) groups is 2. The molecular weight excluding hydrogens is 232 g/mol. The van der Waals surface area contributed by atoms with Gasteiger partial charge in [-0.25, -0.2) is 9.59 Å². The summed E-state index contributed by atoms with van der Waals surface area (Å²) in [5.74, 6) is -1.29. The van der Waals surface area contributed by atoms with Crippen LogP contribution in [-0.2, 0) is 14.3 Å². The number of nitrogens with one attached hydrogen (secondary N) is 2. The molecule has 0 aliphatic rings. The van der Waals surface area contributed by atoms with Crippen LogP contribution in [0.15, 0.2) is 0 Å². The lowest BCUT2D eigenvalue weighted by molar-refractivity contribution is -0.140. The van der Waals surface area contributed by atoms with Gasteiger partial charge in [0.1, 0.15) is 0 Å². The number of ether oxygens (including phenoxy) is 2. The Morgan fingerprint density at radius 1 is 1.29 bits per heavy atom. The summed E-state index contributed by atoms with van der Waals surface area (Å²) in [7, 11) is 1.55. The van der Waals surface area contributed by atoms with E-state index in [2.05, 4.69) is 10.6 Å². The molecular formula is C9H18N2O6. The molecule has 0 spiro atoms. The van der Waals surface area contributed by atoms with Crippen LogP contribution in [0.4, 0.5) is 4.79 Å². The van der Waals surface area contributed by atoms with Crippen molar-refractivity contribution in [3.63, 3.8) is 0 Å². The molecule has 0 bridgehead atoms. The van der Waals surface area contributed by atoms with E-state index in [1.807, 2.05) is 0 Å². The predicted octanol–water partition coefficient (Wildman–Crippen LogP) is -1.61. The topological polar surface area (TPSA) is 117 Å². The highest BCUT2D eigenvalue weighted by molar-refractivity contribution is 5.82. The van der Waals surface area contributed by atoms with Crippen molar-refractivity contribution in [2.24, 2.45) is 0 Å². The van der Waals surface area contributed by atoms with Crippen LogP contribution in [0.25, 0.3) is 0 Å². The number of aliphatic hydroxyl groups is 1. The minimum atomic E-state index is -1.30. The van der Waals surface area contributed by atoms with E-state index in [-0.39, 0.29) is 6.54 Å². The molecule has 0 saturated heterocycles. The van der Waals surface area contributed by atoms with Crippen LogP contribution in [0.5, 0.6) is 0 Å². The van der Waals surface area contributed by atoms with Gasteiger partial charge in [0.25, 0.3) is 0 Å². The van der Waals surface area contributed by atoms with Crippen LogP contribution in [0.1, 0.15) is 0 Å². The summed E-state index contributed by atoms with van der Waals surface area (Å²) in [6, 6.07) is -1.97. The molecule has 0 radical (unpaired) electrons. The minimum Gasteiger partial charge on any atom is -0.480 e. The van der Waals surface area contributed by atoms with Crippen molar-refractivity contribution in [2.45, 2.75) is 6.04 Å². The molecule has 4 N–H and O–H groups in total. The molecule has 0 aromatic rings. The number of aliphatic hydroxyl groups excluding tert-OH is 1. The van der Waals surface area contributed by atoms with Gasteiger partial charge in [-0.3, -0.25) is 0 Å². The second kappa shape index (κ2) is 9.82. The number of urea groups is 1. The van der Waals surface area contributed by atoms with Crippen molar-refractivity contribution in [2.75, 3.05) is 40.1 Å². The van der Waals surface area contributed by atoms with Crippen molar-refractivity contribution in [3.05, 3.63) is 0 Å². The van der Waals surface area contributed by atoms with Gasteiger partial charge in [-0.15, -0.1) is 0 Å². The first-order chi connectivity index (χ1) is 8.11. The molecule has 100 valence electrons. The molecule has 0 fully saturated rings. The quantitative estimate of drug-likeness (QED) is 0.366. The standard InChI is InChI=1S/C9H18N2O6/c1-16-4-5-17-3-2-10-9(15)11-7(6-12)8(13)14/h7,12H,2-6H2,1H3,(H,13,14)(H2,10,11,15)/t7-/m0/s1. The number of aliphatic carboxylic acids is 1. The highest BCUT2D eigenvalue weighted by Crippen LogP contribution is 1.82. The zero-order valence-corrected chi connectivity index (χ0v) is 9.64. The van der Waals surface area contributed by atoms with E-state index in [0.717, 1.165) is 0 Å². The lowest BCUT2D eigenvalue weighted by atomic mass is 10.3. The zero-order chi connectivity index (χ0) is 13.1. The van der Waals surface area contributed by atoms with E-state index in [1.165, 1.54) is 0 Å². The summed E-state index contributed by atoms with van der Waals surface area (Å²) in [6.07, 6.45) is 0. The monoisotopic (exact) mass is 250 g/mol. The molecule has 0 rings (SSSR count). The maximum atomic E-state index is 11.1. The molecule has 2 amide bonds. The fraction of sp³-hybridized carbons (Fsp3) is 0.778. The van der Waals surface area contributed by atoms with Crippen molar-refractivity contribution < 1.29 is 29.3 Å². The van der Waals surface area contributed by atoms with Crippen LogP contribution in [0, 0.1) is 0 Å². The van der Waals surface area contributed by atoms with Gasteiger partial charge in [-0.05, 0) is 0 Å². The Morgan fingerprint density at radius 2 is 2.00 bits per heavy atom. The molecule has 17 heavy (non-hydrogen) atoms. The highest BCUT2D eigenvalue weighted by Gasteiger charge is 2.17. The second-order valence-electron chi connectivity index (χ2n) is 3.08. The summed E-state index contributed by atoms with van der Waals surface area (Å²) in [5.41, 5.74) is 0. The molecule has 0 aliphatic carbocycles. The third-order valence-corrected chi connectivity index (χ3v) is 1.75. The molecule has 1 atom stereocenters. The molecule has 0 unspecified atom stereocenters. The lowest BCUT2D eigenvalue weighted by Gasteiger charge is -2.12. The molecule has 0 saturated carbocycles. The Balaban J connectivity index is 3.55. The van der Waals surface area contributed by atoms with Gasteiger partial charge in [0.2, 0.25) is 0 Å². The molecule has 8 nitrogen and oxygen atoms in total. The molecule has 0 aromatic heterocycles. The van der Waals surface area contributed by atoms with Crippen LogP contribution < -0.4 is 10.6 Å². The third-order valence-electron chi connectivity index (χ3n) is 1.75. The third kappa shape index (κ3) is 8.43. The average molecular weight is 250 g/mol. The number of hydrogen-bond donors (Lipinski definition) is 4. The van der Waals surface area contributed by atoms with Crippen LogP contribution in [0.2, 0.25) is 0 Å². The normalized spacial score (nSPS) is 11.9. The SMILES string of the molecule is COCCOCCNC(=O)N[C@@H](CO)C(=O)O. The van der Waals surface area contributed by atoms with E-state index in [0.29, 0.717) is 19.8 Å².